The Morgan fingerprint density at radius 2 is 1.58 bits per heavy atom. The molecule has 0 radical (unpaired) electrons. The fourth-order valence-electron chi connectivity index (χ4n) is 4.50. The molecular weight excluding hydrogens is 509 g/mol. The summed E-state index contributed by atoms with van der Waals surface area (Å²) in [5.41, 5.74) is 1.21. The van der Waals surface area contributed by atoms with E-state index in [0.717, 1.165) is 41.5 Å². The summed E-state index contributed by atoms with van der Waals surface area (Å²) in [4.78, 5) is 26.9. The fraction of sp³-hybridized carbons (Fsp3) is 0.148. The second kappa shape index (κ2) is 9.40. The molecule has 6 nitrogen and oxygen atoms in total. The summed E-state index contributed by atoms with van der Waals surface area (Å²) in [6.45, 7) is 2.77. The topological polar surface area (TPSA) is 73.2 Å². The van der Waals surface area contributed by atoms with Crippen LogP contribution >= 0.6 is 0 Å². The van der Waals surface area contributed by atoms with Crippen LogP contribution in [0.4, 0.5) is 39.0 Å². The van der Waals surface area contributed by atoms with E-state index < -0.39 is 57.9 Å². The van der Waals surface area contributed by atoms with Gasteiger partial charge < -0.3 is 10.0 Å². The molecule has 38 heavy (non-hydrogen) atoms. The van der Waals surface area contributed by atoms with E-state index in [1.807, 2.05) is 31.2 Å². The van der Waals surface area contributed by atoms with Crippen molar-refractivity contribution >= 4 is 40.7 Å². The van der Waals surface area contributed by atoms with Crippen LogP contribution in [0.5, 0.6) is 0 Å². The number of hydrogen-bond donors (Lipinski definition) is 1. The third-order valence-corrected chi connectivity index (χ3v) is 6.36. The van der Waals surface area contributed by atoms with Gasteiger partial charge in [-0.2, -0.15) is 10.1 Å². The predicted octanol–water partition coefficient (Wildman–Crippen LogP) is 5.65. The number of hydrazone groups is 1. The first kappa shape index (κ1) is 25.1. The number of nitrogens with zero attached hydrogens (tertiary/aromatic N) is 3. The van der Waals surface area contributed by atoms with Crippen LogP contribution in [0.2, 0.25) is 0 Å². The summed E-state index contributed by atoms with van der Waals surface area (Å²) in [6, 6.07) is 13.2. The molecular formula is C27H18F5N3O3. The molecule has 2 aliphatic heterocycles. The molecule has 0 bridgehead atoms. The van der Waals surface area contributed by atoms with E-state index >= 15 is 0 Å². The van der Waals surface area contributed by atoms with Crippen molar-refractivity contribution in [1.82, 2.24) is 0 Å². The number of aliphatic carboxylic acids is 1. The highest BCUT2D eigenvalue weighted by Crippen LogP contribution is 2.36. The van der Waals surface area contributed by atoms with E-state index in [2.05, 4.69) is 10.0 Å². The zero-order valence-corrected chi connectivity index (χ0v) is 19.7. The number of amides is 1. The van der Waals surface area contributed by atoms with Gasteiger partial charge in [0.15, 0.2) is 29.0 Å². The molecule has 1 N–H and O–H groups in total. The van der Waals surface area contributed by atoms with Gasteiger partial charge in [0, 0.05) is 17.9 Å². The molecule has 11 heteroatoms. The number of carboxylic acids is 1. The molecule has 3 aromatic rings. The summed E-state index contributed by atoms with van der Waals surface area (Å²) >= 11 is 0. The van der Waals surface area contributed by atoms with Crippen LogP contribution in [0.25, 0.3) is 6.08 Å². The van der Waals surface area contributed by atoms with Gasteiger partial charge in [0.2, 0.25) is 5.82 Å². The van der Waals surface area contributed by atoms with Gasteiger partial charge in [-0.1, -0.05) is 23.8 Å². The Balaban J connectivity index is 1.54. The summed E-state index contributed by atoms with van der Waals surface area (Å²) in [7, 11) is 0. The Morgan fingerprint density at radius 3 is 2.21 bits per heavy atom. The van der Waals surface area contributed by atoms with Gasteiger partial charge in [-0.05, 0) is 61.2 Å². The SMILES string of the molecule is Cc1ccc(N2CCCc3cc(/C=C4\C(=O)N(c5c(F)c(F)c(F)c(F)c5F)N=C4C(=O)O)ccc32)cc1. The van der Waals surface area contributed by atoms with E-state index in [-0.39, 0.29) is 5.01 Å². The molecule has 0 unspecified atom stereocenters. The molecule has 0 saturated carbocycles. The average Bonchev–Trinajstić information content (AvgIpc) is 3.22. The molecule has 1 amide bonds. The zero-order valence-electron chi connectivity index (χ0n) is 19.7. The number of hydrogen-bond acceptors (Lipinski definition) is 4. The minimum atomic E-state index is -2.41. The molecule has 194 valence electrons. The Kier molecular flexibility index (Phi) is 6.22. The summed E-state index contributed by atoms with van der Waals surface area (Å²) < 4.78 is 69.6. The first-order valence-electron chi connectivity index (χ1n) is 11.5. The highest BCUT2D eigenvalue weighted by Gasteiger charge is 2.40. The summed E-state index contributed by atoms with van der Waals surface area (Å²) in [5, 5.41) is 12.8. The molecule has 0 aromatic heterocycles. The lowest BCUT2D eigenvalue weighted by Crippen LogP contribution is -2.25. The van der Waals surface area contributed by atoms with Crippen molar-refractivity contribution in [2.75, 3.05) is 16.5 Å². The number of halogens is 5. The number of carbonyl (C=O) groups excluding carboxylic acids is 1. The largest absolute Gasteiger partial charge is 0.476 e. The van der Waals surface area contributed by atoms with E-state index in [1.165, 1.54) is 0 Å². The molecule has 2 heterocycles. The lowest BCUT2D eigenvalue weighted by Gasteiger charge is -2.31. The van der Waals surface area contributed by atoms with E-state index in [1.54, 1.807) is 18.2 Å². The maximum absolute atomic E-state index is 14.3. The maximum atomic E-state index is 14.3. The lowest BCUT2D eigenvalue weighted by molar-refractivity contribution is -0.129. The van der Waals surface area contributed by atoms with Gasteiger partial charge in [-0.25, -0.2) is 26.7 Å². The smallest absolute Gasteiger partial charge is 0.357 e. The number of fused-ring (bicyclic) bond motifs is 1. The van der Waals surface area contributed by atoms with Crippen molar-refractivity contribution in [2.24, 2.45) is 5.10 Å². The molecule has 0 aliphatic carbocycles. The van der Waals surface area contributed by atoms with Gasteiger partial charge in [-0.15, -0.1) is 0 Å². The van der Waals surface area contributed by atoms with Gasteiger partial charge in [0.25, 0.3) is 5.91 Å². The Bertz CT molecular complexity index is 1540. The quantitative estimate of drug-likeness (QED) is 0.206. The Labute approximate surface area is 212 Å². The average molecular weight is 527 g/mol. The number of carboxylic acid groups (broad SMARTS) is 1. The van der Waals surface area contributed by atoms with Crippen molar-refractivity contribution in [3.05, 3.63) is 93.8 Å². The highest BCUT2D eigenvalue weighted by molar-refractivity contribution is 6.53. The van der Waals surface area contributed by atoms with Gasteiger partial charge in [0.1, 0.15) is 5.69 Å². The monoisotopic (exact) mass is 527 g/mol. The number of carbonyl (C=O) groups is 2. The molecule has 0 atom stereocenters. The highest BCUT2D eigenvalue weighted by atomic mass is 19.2. The van der Waals surface area contributed by atoms with Gasteiger partial charge in [0.05, 0.1) is 5.57 Å². The molecule has 0 saturated heterocycles. The molecule has 3 aromatic carbocycles. The Hall–Kier alpha value is -4.54. The summed E-state index contributed by atoms with van der Waals surface area (Å²) in [6.07, 6.45) is 2.70. The van der Waals surface area contributed by atoms with Crippen molar-refractivity contribution < 1.29 is 36.6 Å². The first-order chi connectivity index (χ1) is 18.1. The number of anilines is 3. The zero-order chi connectivity index (χ0) is 27.3. The van der Waals surface area contributed by atoms with Crippen molar-refractivity contribution in [1.29, 1.82) is 0 Å². The minimum Gasteiger partial charge on any atom is -0.476 e. The van der Waals surface area contributed by atoms with E-state index in [9.17, 15) is 36.6 Å². The van der Waals surface area contributed by atoms with Crippen LogP contribution < -0.4 is 9.91 Å². The minimum absolute atomic E-state index is 0.122. The van der Waals surface area contributed by atoms with Gasteiger partial charge in [-0.3, -0.25) is 4.79 Å². The van der Waals surface area contributed by atoms with Crippen molar-refractivity contribution in [2.45, 2.75) is 19.8 Å². The standard InChI is InChI=1S/C27H18F5N3O3/c1-13-4-7-16(8-5-13)34-10-2-3-15-11-14(6-9-18(15)34)12-17-24(27(37)38)33-35(26(17)36)25-22(31)20(29)19(28)21(30)23(25)32/h4-9,11-12H,2-3,10H2,1H3,(H,37,38)/b17-12-. The third-order valence-electron chi connectivity index (χ3n) is 6.36. The molecule has 5 rings (SSSR count). The van der Waals surface area contributed by atoms with Crippen molar-refractivity contribution in [3.8, 4) is 0 Å². The maximum Gasteiger partial charge on any atom is 0.357 e. The molecule has 2 aliphatic rings. The van der Waals surface area contributed by atoms with Crippen LogP contribution in [-0.4, -0.2) is 29.2 Å². The van der Waals surface area contributed by atoms with Crippen LogP contribution in [-0.2, 0) is 16.0 Å². The van der Waals surface area contributed by atoms with Crippen molar-refractivity contribution in [3.63, 3.8) is 0 Å². The molecule has 0 spiro atoms. The summed E-state index contributed by atoms with van der Waals surface area (Å²) in [5.74, 6) is -14.7. The lowest BCUT2D eigenvalue weighted by atomic mass is 9.97. The second-order valence-electron chi connectivity index (χ2n) is 8.83. The Morgan fingerprint density at radius 1 is 0.947 bits per heavy atom. The number of aryl methyl sites for hydroxylation is 2. The van der Waals surface area contributed by atoms with Crippen LogP contribution in [0.15, 0.2) is 53.1 Å². The second-order valence-corrected chi connectivity index (χ2v) is 8.83. The molecule has 0 fully saturated rings. The van der Waals surface area contributed by atoms with Crippen LogP contribution in [0, 0.1) is 36.0 Å². The van der Waals surface area contributed by atoms with Crippen LogP contribution in [0.1, 0.15) is 23.1 Å². The van der Waals surface area contributed by atoms with E-state index in [0.29, 0.717) is 12.0 Å². The number of rotatable bonds is 4. The third kappa shape index (κ3) is 4.09. The van der Waals surface area contributed by atoms with E-state index in [4.69, 9.17) is 0 Å². The normalized spacial score (nSPS) is 16.2. The predicted molar refractivity (Wildman–Crippen MR) is 130 cm³/mol. The number of benzene rings is 3. The van der Waals surface area contributed by atoms with Crippen LogP contribution in [0.3, 0.4) is 0 Å². The van der Waals surface area contributed by atoms with Gasteiger partial charge >= 0.3 is 5.97 Å². The fourth-order valence-corrected chi connectivity index (χ4v) is 4.50. The first-order valence-corrected chi connectivity index (χ1v) is 11.5.